The first-order valence-electron chi connectivity index (χ1n) is 5.89. The van der Waals surface area contributed by atoms with Crippen LogP contribution in [0.3, 0.4) is 0 Å². The van der Waals surface area contributed by atoms with Crippen molar-refractivity contribution in [1.29, 1.82) is 0 Å². The van der Waals surface area contributed by atoms with E-state index in [1.54, 1.807) is 17.9 Å². The van der Waals surface area contributed by atoms with Gasteiger partial charge >= 0.3 is 0 Å². The summed E-state index contributed by atoms with van der Waals surface area (Å²) in [5.74, 6) is -1.82. The molecule has 0 saturated heterocycles. The van der Waals surface area contributed by atoms with Crippen LogP contribution in [0.5, 0.6) is 5.75 Å². The van der Waals surface area contributed by atoms with E-state index in [2.05, 4.69) is 5.10 Å². The predicted octanol–water partition coefficient (Wildman–Crippen LogP) is 1.78. The van der Waals surface area contributed by atoms with Gasteiger partial charge in [0.15, 0.2) is 17.4 Å². The smallest absolute Gasteiger partial charge is 0.190 e. The van der Waals surface area contributed by atoms with Crippen molar-refractivity contribution in [2.24, 2.45) is 12.8 Å². The van der Waals surface area contributed by atoms with Gasteiger partial charge in [-0.05, 0) is 23.8 Å². The molecule has 2 aromatic rings. The molecule has 2 rings (SSSR count). The lowest BCUT2D eigenvalue weighted by molar-refractivity contribution is 0.285. The van der Waals surface area contributed by atoms with E-state index in [-0.39, 0.29) is 18.9 Å². The number of nitrogens with zero attached hydrogens (tertiary/aromatic N) is 2. The van der Waals surface area contributed by atoms with Crippen molar-refractivity contribution in [1.82, 2.24) is 9.78 Å². The molecule has 0 spiro atoms. The Morgan fingerprint density at radius 3 is 2.53 bits per heavy atom. The summed E-state index contributed by atoms with van der Waals surface area (Å²) in [7, 11) is 1.80. The van der Waals surface area contributed by atoms with Crippen molar-refractivity contribution >= 4 is 0 Å². The van der Waals surface area contributed by atoms with Crippen LogP contribution in [-0.2, 0) is 20.0 Å². The van der Waals surface area contributed by atoms with Gasteiger partial charge < -0.3 is 10.5 Å². The lowest BCUT2D eigenvalue weighted by Gasteiger charge is -2.09. The highest BCUT2D eigenvalue weighted by Crippen LogP contribution is 2.23. The number of aromatic nitrogens is 2. The zero-order valence-corrected chi connectivity index (χ0v) is 10.6. The normalized spacial score (nSPS) is 10.7. The van der Waals surface area contributed by atoms with Gasteiger partial charge in [0.2, 0.25) is 0 Å². The van der Waals surface area contributed by atoms with Gasteiger partial charge in [-0.1, -0.05) is 0 Å². The van der Waals surface area contributed by atoms with Crippen LogP contribution in [-0.4, -0.2) is 16.4 Å². The van der Waals surface area contributed by atoms with Crippen LogP contribution in [0, 0.1) is 11.6 Å². The third kappa shape index (κ3) is 3.08. The van der Waals surface area contributed by atoms with Crippen LogP contribution in [0.1, 0.15) is 11.3 Å². The Balaban J connectivity index is 2.02. The first-order chi connectivity index (χ1) is 9.11. The van der Waals surface area contributed by atoms with E-state index >= 15 is 0 Å². The van der Waals surface area contributed by atoms with Crippen LogP contribution in [0.15, 0.2) is 24.4 Å². The fourth-order valence-electron chi connectivity index (χ4n) is 1.77. The molecule has 1 aromatic heterocycles. The maximum absolute atomic E-state index is 13.6. The summed E-state index contributed by atoms with van der Waals surface area (Å²) in [5.41, 5.74) is 6.66. The van der Waals surface area contributed by atoms with E-state index in [1.165, 1.54) is 12.1 Å². The van der Waals surface area contributed by atoms with E-state index in [1.807, 2.05) is 6.07 Å². The number of ether oxygens (including phenoxy) is 1. The minimum Gasteiger partial charge on any atom is -0.487 e. The molecule has 2 N–H and O–H groups in total. The number of halogens is 2. The molecule has 0 saturated carbocycles. The Hall–Kier alpha value is -1.95. The molecule has 0 atom stereocenters. The van der Waals surface area contributed by atoms with Crippen LogP contribution in [0.25, 0.3) is 0 Å². The quantitative estimate of drug-likeness (QED) is 0.898. The first kappa shape index (κ1) is 13.5. The van der Waals surface area contributed by atoms with Gasteiger partial charge in [-0.15, -0.1) is 0 Å². The standard InChI is InChI=1S/C13H15F2N3O/c1-18-10(2-4-17-18)3-5-19-13-11(14)6-9(8-16)7-12(13)15/h2,4,6-7H,3,5,8,16H2,1H3. The fourth-order valence-corrected chi connectivity index (χ4v) is 1.77. The van der Waals surface area contributed by atoms with Crippen molar-refractivity contribution in [3.8, 4) is 5.75 Å². The van der Waals surface area contributed by atoms with Crippen LogP contribution >= 0.6 is 0 Å². The van der Waals surface area contributed by atoms with Crippen molar-refractivity contribution in [3.05, 3.63) is 47.3 Å². The van der Waals surface area contributed by atoms with Crippen molar-refractivity contribution in [3.63, 3.8) is 0 Å². The highest BCUT2D eigenvalue weighted by Gasteiger charge is 2.12. The first-order valence-corrected chi connectivity index (χ1v) is 5.89. The zero-order chi connectivity index (χ0) is 13.8. The Kier molecular flexibility index (Phi) is 4.11. The van der Waals surface area contributed by atoms with Crippen LogP contribution in [0.2, 0.25) is 0 Å². The summed E-state index contributed by atoms with van der Waals surface area (Å²) in [6.45, 7) is 0.262. The number of hydrogen-bond donors (Lipinski definition) is 1. The fraction of sp³-hybridized carbons (Fsp3) is 0.308. The van der Waals surface area contributed by atoms with E-state index < -0.39 is 11.6 Å². The summed E-state index contributed by atoms with van der Waals surface area (Å²) >= 11 is 0. The van der Waals surface area contributed by atoms with Gasteiger partial charge in [-0.3, -0.25) is 4.68 Å². The summed E-state index contributed by atoms with van der Waals surface area (Å²) in [6, 6.07) is 4.19. The molecule has 0 unspecified atom stereocenters. The molecule has 0 aliphatic carbocycles. The molecule has 0 aliphatic heterocycles. The average Bonchev–Trinajstić information content (AvgIpc) is 2.78. The van der Waals surface area contributed by atoms with Crippen LogP contribution < -0.4 is 10.5 Å². The second-order valence-corrected chi connectivity index (χ2v) is 4.14. The van der Waals surface area contributed by atoms with E-state index in [0.29, 0.717) is 12.0 Å². The van der Waals surface area contributed by atoms with E-state index in [4.69, 9.17) is 10.5 Å². The molecular weight excluding hydrogens is 252 g/mol. The number of hydrogen-bond acceptors (Lipinski definition) is 3. The van der Waals surface area contributed by atoms with Gasteiger partial charge in [0.05, 0.1) is 6.61 Å². The Morgan fingerprint density at radius 1 is 1.32 bits per heavy atom. The van der Waals surface area contributed by atoms with Crippen molar-refractivity contribution in [2.75, 3.05) is 6.61 Å². The molecule has 0 bridgehead atoms. The maximum atomic E-state index is 13.6. The maximum Gasteiger partial charge on any atom is 0.190 e. The summed E-state index contributed by atoms with van der Waals surface area (Å²) < 4.78 is 34.1. The summed E-state index contributed by atoms with van der Waals surface area (Å²) in [6.07, 6.45) is 2.18. The molecule has 0 amide bonds. The Bertz CT molecular complexity index is 546. The van der Waals surface area contributed by atoms with Gasteiger partial charge in [-0.2, -0.15) is 5.10 Å². The summed E-state index contributed by atoms with van der Waals surface area (Å²) in [4.78, 5) is 0. The zero-order valence-electron chi connectivity index (χ0n) is 10.6. The monoisotopic (exact) mass is 267 g/mol. The lowest BCUT2D eigenvalue weighted by atomic mass is 10.2. The second kappa shape index (κ2) is 5.79. The Morgan fingerprint density at radius 2 is 2.00 bits per heavy atom. The Labute approximate surface area is 109 Å². The highest BCUT2D eigenvalue weighted by atomic mass is 19.1. The molecular formula is C13H15F2N3O. The highest BCUT2D eigenvalue weighted by molar-refractivity contribution is 5.31. The van der Waals surface area contributed by atoms with Crippen molar-refractivity contribution in [2.45, 2.75) is 13.0 Å². The molecule has 6 heteroatoms. The molecule has 1 heterocycles. The number of rotatable bonds is 5. The summed E-state index contributed by atoms with van der Waals surface area (Å²) in [5, 5.41) is 4.00. The van der Waals surface area contributed by atoms with E-state index in [0.717, 1.165) is 5.69 Å². The van der Waals surface area contributed by atoms with Gasteiger partial charge in [-0.25, -0.2) is 8.78 Å². The average molecular weight is 267 g/mol. The molecule has 19 heavy (non-hydrogen) atoms. The van der Waals surface area contributed by atoms with Gasteiger partial charge in [0.25, 0.3) is 0 Å². The third-order valence-electron chi connectivity index (χ3n) is 2.82. The topological polar surface area (TPSA) is 53.1 Å². The molecule has 102 valence electrons. The number of aryl methyl sites for hydroxylation is 1. The van der Waals surface area contributed by atoms with Gasteiger partial charge in [0.1, 0.15) is 0 Å². The molecule has 4 nitrogen and oxygen atoms in total. The lowest BCUT2D eigenvalue weighted by Crippen LogP contribution is -2.08. The number of nitrogens with two attached hydrogens (primary N) is 1. The number of benzene rings is 1. The molecule has 0 aliphatic rings. The minimum absolute atomic E-state index is 0.0864. The SMILES string of the molecule is Cn1nccc1CCOc1c(F)cc(CN)cc1F. The molecule has 1 aromatic carbocycles. The van der Waals surface area contributed by atoms with Crippen LogP contribution in [0.4, 0.5) is 8.78 Å². The third-order valence-corrected chi connectivity index (χ3v) is 2.82. The molecule has 0 fully saturated rings. The molecule has 0 radical (unpaired) electrons. The van der Waals surface area contributed by atoms with E-state index in [9.17, 15) is 8.78 Å². The van der Waals surface area contributed by atoms with Crippen molar-refractivity contribution < 1.29 is 13.5 Å². The minimum atomic E-state index is -0.731. The second-order valence-electron chi connectivity index (χ2n) is 4.14. The largest absolute Gasteiger partial charge is 0.487 e. The van der Waals surface area contributed by atoms with Gasteiger partial charge in [0, 0.05) is 31.9 Å². The predicted molar refractivity (Wildman–Crippen MR) is 66.7 cm³/mol.